The molecule has 2 N–H and O–H groups in total. The van der Waals surface area contributed by atoms with Crippen LogP contribution in [-0.4, -0.2) is 14.1 Å². The molecule has 0 radical (unpaired) electrons. The molecule has 0 aliphatic heterocycles. The van der Waals surface area contributed by atoms with Crippen molar-refractivity contribution in [2.75, 3.05) is 5.73 Å². The van der Waals surface area contributed by atoms with Gasteiger partial charge in [-0.05, 0) is 18.2 Å². The van der Waals surface area contributed by atoms with Gasteiger partial charge in [-0.15, -0.1) is 0 Å². The van der Waals surface area contributed by atoms with Crippen molar-refractivity contribution in [3.05, 3.63) is 57.6 Å². The summed E-state index contributed by atoms with van der Waals surface area (Å²) in [7, 11) is 0. The Morgan fingerprint density at radius 1 is 1.20 bits per heavy atom. The van der Waals surface area contributed by atoms with E-state index in [0.29, 0.717) is 23.5 Å². The number of pyridine rings is 2. The molecular formula is C13H12N4O3. The maximum absolute atomic E-state index is 11.8. The van der Waals surface area contributed by atoms with Crippen molar-refractivity contribution in [2.45, 2.75) is 13.1 Å². The van der Waals surface area contributed by atoms with E-state index in [1.807, 2.05) is 0 Å². The van der Waals surface area contributed by atoms with Gasteiger partial charge in [0.25, 0.3) is 5.56 Å². The Kier molecular flexibility index (Phi) is 2.86. The van der Waals surface area contributed by atoms with Crippen molar-refractivity contribution in [2.24, 2.45) is 0 Å². The second-order valence-corrected chi connectivity index (χ2v) is 4.34. The number of nitrogens with zero attached hydrogens (tertiary/aromatic N) is 3. The SMILES string of the molecule is Nc1ccc(=O)n(CCn2c(=O)oc3cccnc32)c1. The van der Waals surface area contributed by atoms with Crippen LogP contribution in [0.15, 0.2) is 50.7 Å². The van der Waals surface area contributed by atoms with E-state index in [-0.39, 0.29) is 12.1 Å². The minimum Gasteiger partial charge on any atom is -0.406 e. The Morgan fingerprint density at radius 2 is 2.05 bits per heavy atom. The Bertz CT molecular complexity index is 875. The van der Waals surface area contributed by atoms with Crippen LogP contribution in [-0.2, 0) is 13.1 Å². The van der Waals surface area contributed by atoms with E-state index < -0.39 is 5.76 Å². The number of nitrogens with two attached hydrogens (primary N) is 1. The minimum absolute atomic E-state index is 0.173. The number of aromatic nitrogens is 3. The van der Waals surface area contributed by atoms with Gasteiger partial charge in [0, 0.05) is 37.2 Å². The predicted octanol–water partition coefficient (Wildman–Crippen LogP) is 0.434. The van der Waals surface area contributed by atoms with Crippen LogP contribution in [0.3, 0.4) is 0 Å². The average Bonchev–Trinajstić information content (AvgIpc) is 2.75. The van der Waals surface area contributed by atoms with Crippen LogP contribution >= 0.6 is 0 Å². The van der Waals surface area contributed by atoms with Gasteiger partial charge in [0.2, 0.25) is 0 Å². The zero-order valence-corrected chi connectivity index (χ0v) is 10.5. The molecule has 0 saturated heterocycles. The van der Waals surface area contributed by atoms with Crippen LogP contribution in [0.5, 0.6) is 0 Å². The number of oxazole rings is 1. The van der Waals surface area contributed by atoms with Crippen molar-refractivity contribution >= 4 is 16.9 Å². The van der Waals surface area contributed by atoms with Gasteiger partial charge in [0.1, 0.15) is 0 Å². The molecule has 7 nitrogen and oxygen atoms in total. The van der Waals surface area contributed by atoms with E-state index in [0.717, 1.165) is 0 Å². The lowest BCUT2D eigenvalue weighted by molar-refractivity contribution is 0.480. The highest BCUT2D eigenvalue weighted by atomic mass is 16.4. The van der Waals surface area contributed by atoms with Crippen molar-refractivity contribution in [1.82, 2.24) is 14.1 Å². The van der Waals surface area contributed by atoms with Gasteiger partial charge in [0.05, 0.1) is 0 Å². The summed E-state index contributed by atoms with van der Waals surface area (Å²) in [6.07, 6.45) is 3.13. The van der Waals surface area contributed by atoms with Gasteiger partial charge in [-0.25, -0.2) is 9.78 Å². The number of nitrogen functional groups attached to an aromatic ring is 1. The lowest BCUT2D eigenvalue weighted by atomic mass is 10.4. The molecule has 0 fully saturated rings. The fourth-order valence-electron chi connectivity index (χ4n) is 2.03. The topological polar surface area (TPSA) is 96.1 Å². The average molecular weight is 272 g/mol. The first-order chi connectivity index (χ1) is 9.65. The van der Waals surface area contributed by atoms with Crippen LogP contribution in [0.25, 0.3) is 11.2 Å². The molecular weight excluding hydrogens is 260 g/mol. The molecule has 3 heterocycles. The third-order valence-corrected chi connectivity index (χ3v) is 3.00. The molecule has 7 heteroatoms. The molecule has 0 aliphatic rings. The third kappa shape index (κ3) is 2.09. The summed E-state index contributed by atoms with van der Waals surface area (Å²) in [5.41, 5.74) is 6.85. The van der Waals surface area contributed by atoms with E-state index in [9.17, 15) is 9.59 Å². The number of hydrogen-bond acceptors (Lipinski definition) is 5. The first kappa shape index (κ1) is 12.2. The number of fused-ring (bicyclic) bond motifs is 1. The van der Waals surface area contributed by atoms with E-state index >= 15 is 0 Å². The second kappa shape index (κ2) is 4.69. The highest BCUT2D eigenvalue weighted by molar-refractivity contribution is 5.67. The Labute approximate surface area is 112 Å². The fraction of sp³-hybridized carbons (Fsp3) is 0.154. The summed E-state index contributed by atoms with van der Waals surface area (Å²) in [4.78, 5) is 27.5. The number of anilines is 1. The van der Waals surface area contributed by atoms with Crippen molar-refractivity contribution in [3.8, 4) is 0 Å². The van der Waals surface area contributed by atoms with Gasteiger partial charge in [0.15, 0.2) is 11.2 Å². The van der Waals surface area contributed by atoms with E-state index in [4.69, 9.17) is 10.2 Å². The van der Waals surface area contributed by atoms with Gasteiger partial charge < -0.3 is 14.7 Å². The van der Waals surface area contributed by atoms with Crippen LogP contribution in [0, 0.1) is 0 Å². The molecule has 0 bridgehead atoms. The van der Waals surface area contributed by atoms with Crippen LogP contribution in [0.4, 0.5) is 5.69 Å². The molecule has 0 atom stereocenters. The van der Waals surface area contributed by atoms with Crippen LogP contribution in [0.1, 0.15) is 0 Å². The summed E-state index contributed by atoms with van der Waals surface area (Å²) in [5.74, 6) is -0.490. The van der Waals surface area contributed by atoms with Gasteiger partial charge in [-0.1, -0.05) is 0 Å². The smallest absolute Gasteiger partial charge is 0.406 e. The first-order valence-electron chi connectivity index (χ1n) is 6.05. The summed E-state index contributed by atoms with van der Waals surface area (Å²) >= 11 is 0. The Hall–Kier alpha value is -2.83. The summed E-state index contributed by atoms with van der Waals surface area (Å²) < 4.78 is 7.92. The molecule has 0 saturated carbocycles. The zero-order chi connectivity index (χ0) is 14.1. The molecule has 0 unspecified atom stereocenters. The second-order valence-electron chi connectivity index (χ2n) is 4.34. The monoisotopic (exact) mass is 272 g/mol. The van der Waals surface area contributed by atoms with Crippen LogP contribution < -0.4 is 17.0 Å². The molecule has 3 aromatic rings. The summed E-state index contributed by atoms with van der Waals surface area (Å²) in [5, 5.41) is 0. The molecule has 0 aliphatic carbocycles. The maximum atomic E-state index is 11.8. The molecule has 102 valence electrons. The molecule has 0 spiro atoms. The Morgan fingerprint density at radius 3 is 2.90 bits per heavy atom. The fourth-order valence-corrected chi connectivity index (χ4v) is 2.03. The quantitative estimate of drug-likeness (QED) is 0.746. The van der Waals surface area contributed by atoms with Crippen LogP contribution in [0.2, 0.25) is 0 Å². The molecule has 3 aromatic heterocycles. The maximum Gasteiger partial charge on any atom is 0.421 e. The van der Waals surface area contributed by atoms with Crippen molar-refractivity contribution < 1.29 is 4.42 Å². The lowest BCUT2D eigenvalue weighted by Crippen LogP contribution is -2.24. The first-order valence-corrected chi connectivity index (χ1v) is 6.05. The standard InChI is InChI=1S/C13H12N4O3/c14-9-3-4-11(18)16(8-9)6-7-17-12-10(20-13(17)19)2-1-5-15-12/h1-5,8H,6-7,14H2. The van der Waals surface area contributed by atoms with Gasteiger partial charge in [-0.3, -0.25) is 9.36 Å². The third-order valence-electron chi connectivity index (χ3n) is 3.00. The molecule has 0 aromatic carbocycles. The van der Waals surface area contributed by atoms with Crippen molar-refractivity contribution in [1.29, 1.82) is 0 Å². The highest BCUT2D eigenvalue weighted by Crippen LogP contribution is 2.08. The summed E-state index contributed by atoms with van der Waals surface area (Å²) in [6, 6.07) is 6.30. The molecule has 0 amide bonds. The highest BCUT2D eigenvalue weighted by Gasteiger charge is 2.09. The minimum atomic E-state index is -0.490. The lowest BCUT2D eigenvalue weighted by Gasteiger charge is -2.06. The predicted molar refractivity (Wildman–Crippen MR) is 73.4 cm³/mol. The van der Waals surface area contributed by atoms with Gasteiger partial charge in [-0.2, -0.15) is 0 Å². The zero-order valence-electron chi connectivity index (χ0n) is 10.5. The van der Waals surface area contributed by atoms with Gasteiger partial charge >= 0.3 is 5.76 Å². The number of aryl methyl sites for hydroxylation is 2. The number of rotatable bonds is 3. The number of hydrogen-bond donors (Lipinski definition) is 1. The van der Waals surface area contributed by atoms with E-state index in [1.165, 1.54) is 15.2 Å². The largest absolute Gasteiger partial charge is 0.421 e. The Balaban J connectivity index is 1.94. The normalized spacial score (nSPS) is 11.0. The van der Waals surface area contributed by atoms with Crippen molar-refractivity contribution in [3.63, 3.8) is 0 Å². The molecule has 3 rings (SSSR count). The van der Waals surface area contributed by atoms with E-state index in [1.54, 1.807) is 30.6 Å². The summed E-state index contributed by atoms with van der Waals surface area (Å²) in [6.45, 7) is 0.598. The van der Waals surface area contributed by atoms with E-state index in [2.05, 4.69) is 4.98 Å². The molecule has 20 heavy (non-hydrogen) atoms.